The summed E-state index contributed by atoms with van der Waals surface area (Å²) in [4.78, 5) is 23.7. The van der Waals surface area contributed by atoms with Gasteiger partial charge in [0.1, 0.15) is 0 Å². The number of aromatic nitrogens is 1. The Hall–Kier alpha value is -1.87. The highest BCUT2D eigenvalue weighted by atomic mass is 35.5. The van der Waals surface area contributed by atoms with Crippen molar-refractivity contribution in [2.24, 2.45) is 10.7 Å². The van der Waals surface area contributed by atoms with Crippen molar-refractivity contribution >= 4 is 57.3 Å². The van der Waals surface area contributed by atoms with Crippen LogP contribution in [-0.2, 0) is 20.2 Å². The molecule has 1 amide bonds. The van der Waals surface area contributed by atoms with E-state index in [0.717, 1.165) is 0 Å². The maximum atomic E-state index is 13.2. The van der Waals surface area contributed by atoms with E-state index in [2.05, 4.69) is 9.98 Å². The summed E-state index contributed by atoms with van der Waals surface area (Å²) < 4.78 is 24.1. The number of halogens is 3. The standard InChI is InChI=1S/C22H24Cl2N4O3S.ClH/c1-13-10-15(8-9-32(13,30)31)28-19(29)11-22(2,27-21(28)25)17-5-3-4-16(20(17)24)18-7-6-14(23)12-26-18;/h3-7,12-13,15H,8-11H2,1-2H3,(H2,25,27);1H/t13-,15-,22+;/m1./s1. The number of carbonyl (C=O) groups excluding carboxylic acids is 1. The van der Waals surface area contributed by atoms with Crippen molar-refractivity contribution < 1.29 is 13.2 Å². The van der Waals surface area contributed by atoms with E-state index in [1.54, 1.807) is 25.3 Å². The number of rotatable bonds is 3. The molecule has 0 spiro atoms. The lowest BCUT2D eigenvalue weighted by atomic mass is 9.85. The number of hydrogen-bond acceptors (Lipinski definition) is 6. The van der Waals surface area contributed by atoms with Gasteiger partial charge in [0.25, 0.3) is 0 Å². The van der Waals surface area contributed by atoms with E-state index in [1.165, 1.54) is 4.90 Å². The number of amides is 1. The lowest BCUT2D eigenvalue weighted by Gasteiger charge is -2.41. The maximum absolute atomic E-state index is 13.2. The SMILES string of the molecule is C[C@@H]1C[C@H](N2C(=O)C[C@@](C)(c3cccc(-c4ccc(Cl)cn4)c3Cl)N=C2N)CCS1(=O)=O.Cl. The van der Waals surface area contributed by atoms with Gasteiger partial charge in [-0.1, -0.05) is 41.4 Å². The topological polar surface area (TPSA) is 106 Å². The molecule has 2 N–H and O–H groups in total. The Morgan fingerprint density at radius 1 is 1.21 bits per heavy atom. The molecule has 0 unspecified atom stereocenters. The van der Waals surface area contributed by atoms with Crippen molar-refractivity contribution in [3.05, 3.63) is 52.1 Å². The highest BCUT2D eigenvalue weighted by Crippen LogP contribution is 2.42. The fourth-order valence-electron chi connectivity index (χ4n) is 4.46. The van der Waals surface area contributed by atoms with Gasteiger partial charge in [-0.05, 0) is 44.4 Å². The molecule has 4 rings (SSSR count). The van der Waals surface area contributed by atoms with Crippen LogP contribution in [0.15, 0.2) is 41.5 Å². The van der Waals surface area contributed by atoms with Crippen molar-refractivity contribution in [3.63, 3.8) is 0 Å². The summed E-state index contributed by atoms with van der Waals surface area (Å²) in [6, 6.07) is 8.75. The number of nitrogens with two attached hydrogens (primary N) is 1. The van der Waals surface area contributed by atoms with Gasteiger partial charge in [-0.15, -0.1) is 12.4 Å². The van der Waals surface area contributed by atoms with Crippen molar-refractivity contribution in [3.8, 4) is 11.3 Å². The van der Waals surface area contributed by atoms with Crippen molar-refractivity contribution in [2.75, 3.05) is 5.75 Å². The minimum Gasteiger partial charge on any atom is -0.369 e. The first kappa shape index (κ1) is 25.7. The van der Waals surface area contributed by atoms with E-state index >= 15 is 0 Å². The average Bonchev–Trinajstić information content (AvgIpc) is 2.71. The molecule has 1 fully saturated rings. The summed E-state index contributed by atoms with van der Waals surface area (Å²) in [5.41, 5.74) is 7.35. The average molecular weight is 532 g/mol. The zero-order chi connectivity index (χ0) is 23.3. The second-order valence-electron chi connectivity index (χ2n) is 8.57. The molecule has 1 aromatic heterocycles. The molecule has 1 saturated heterocycles. The van der Waals surface area contributed by atoms with Crippen molar-refractivity contribution in [1.29, 1.82) is 0 Å². The Morgan fingerprint density at radius 2 is 1.94 bits per heavy atom. The zero-order valence-electron chi connectivity index (χ0n) is 18.2. The van der Waals surface area contributed by atoms with Crippen LogP contribution in [0.1, 0.15) is 38.7 Å². The first-order valence-corrected chi connectivity index (χ1v) is 12.8. The van der Waals surface area contributed by atoms with Gasteiger partial charge >= 0.3 is 0 Å². The van der Waals surface area contributed by atoms with Gasteiger partial charge in [-0.3, -0.25) is 14.7 Å². The molecule has 0 saturated carbocycles. The molecule has 3 heterocycles. The molecule has 7 nitrogen and oxygen atoms in total. The van der Waals surface area contributed by atoms with Crippen LogP contribution in [0.5, 0.6) is 0 Å². The molecule has 3 atom stereocenters. The zero-order valence-corrected chi connectivity index (χ0v) is 21.3. The summed E-state index contributed by atoms with van der Waals surface area (Å²) in [7, 11) is -3.12. The number of carbonyl (C=O) groups is 1. The van der Waals surface area contributed by atoms with Crippen molar-refractivity contribution in [1.82, 2.24) is 9.88 Å². The number of hydrogen-bond donors (Lipinski definition) is 1. The van der Waals surface area contributed by atoms with E-state index < -0.39 is 20.6 Å². The molecule has 0 aliphatic carbocycles. The predicted molar refractivity (Wildman–Crippen MR) is 134 cm³/mol. The second kappa shape index (κ2) is 9.41. The van der Waals surface area contributed by atoms with Gasteiger partial charge < -0.3 is 5.73 Å². The van der Waals surface area contributed by atoms with Crippen LogP contribution in [0.3, 0.4) is 0 Å². The first-order valence-electron chi connectivity index (χ1n) is 10.3. The monoisotopic (exact) mass is 530 g/mol. The van der Waals surface area contributed by atoms with E-state index in [4.69, 9.17) is 28.9 Å². The third kappa shape index (κ3) is 4.85. The van der Waals surface area contributed by atoms with Gasteiger partial charge in [0, 0.05) is 17.8 Å². The summed E-state index contributed by atoms with van der Waals surface area (Å²) in [5.74, 6) is -0.0660. The maximum Gasteiger partial charge on any atom is 0.232 e. The van der Waals surface area contributed by atoms with Crippen LogP contribution in [0.2, 0.25) is 10.0 Å². The Labute approximate surface area is 209 Å². The molecule has 2 aliphatic rings. The van der Waals surface area contributed by atoms with Gasteiger partial charge in [-0.25, -0.2) is 13.4 Å². The quantitative estimate of drug-likeness (QED) is 0.639. The van der Waals surface area contributed by atoms with Gasteiger partial charge in [0.05, 0.1) is 38.7 Å². The van der Waals surface area contributed by atoms with Crippen LogP contribution < -0.4 is 5.73 Å². The first-order chi connectivity index (χ1) is 15.0. The number of pyridine rings is 1. The molecule has 2 aliphatic heterocycles. The molecular weight excluding hydrogens is 507 g/mol. The molecule has 11 heteroatoms. The Bertz CT molecular complexity index is 1200. The summed E-state index contributed by atoms with van der Waals surface area (Å²) >= 11 is 12.7. The van der Waals surface area contributed by atoms with Crippen LogP contribution >= 0.6 is 35.6 Å². The fraction of sp³-hybridized carbons (Fsp3) is 0.409. The lowest BCUT2D eigenvalue weighted by molar-refractivity contribution is -0.131. The summed E-state index contributed by atoms with van der Waals surface area (Å²) in [6.45, 7) is 3.49. The fourth-order valence-corrected chi connectivity index (χ4v) is 6.52. The highest BCUT2D eigenvalue weighted by molar-refractivity contribution is 7.92. The van der Waals surface area contributed by atoms with Gasteiger partial charge in [0.2, 0.25) is 5.91 Å². The van der Waals surface area contributed by atoms with Gasteiger partial charge in [0.15, 0.2) is 15.8 Å². The Morgan fingerprint density at radius 3 is 2.55 bits per heavy atom. The van der Waals surface area contributed by atoms with E-state index in [-0.39, 0.29) is 42.5 Å². The molecule has 178 valence electrons. The second-order valence-corrected chi connectivity index (χ2v) is 11.9. The number of nitrogens with zero attached hydrogens (tertiary/aromatic N) is 3. The molecule has 0 radical (unpaired) electrons. The Kier molecular flexibility index (Phi) is 7.34. The summed E-state index contributed by atoms with van der Waals surface area (Å²) in [5, 5.41) is 0.446. The minimum absolute atomic E-state index is 0. The Balaban J connectivity index is 0.00000306. The van der Waals surface area contributed by atoms with Crippen LogP contribution in [-0.4, -0.2) is 47.2 Å². The predicted octanol–water partition coefficient (Wildman–Crippen LogP) is 4.21. The third-order valence-corrected chi connectivity index (χ3v) is 9.13. The number of aliphatic imine (C=N–C) groups is 1. The molecular formula is C22H25Cl3N4O3S. The normalized spacial score (nSPS) is 27.0. The number of sulfone groups is 1. The number of guanidine groups is 1. The van der Waals surface area contributed by atoms with Crippen molar-refractivity contribution in [2.45, 2.75) is 49.9 Å². The van der Waals surface area contributed by atoms with Crippen LogP contribution in [0.4, 0.5) is 0 Å². The van der Waals surface area contributed by atoms with E-state index in [1.807, 2.05) is 25.1 Å². The number of benzene rings is 1. The van der Waals surface area contributed by atoms with Gasteiger partial charge in [-0.2, -0.15) is 0 Å². The smallest absolute Gasteiger partial charge is 0.232 e. The molecule has 33 heavy (non-hydrogen) atoms. The van der Waals surface area contributed by atoms with E-state index in [0.29, 0.717) is 39.7 Å². The third-order valence-electron chi connectivity index (χ3n) is 6.27. The molecule has 2 aromatic rings. The molecule has 1 aromatic carbocycles. The van der Waals surface area contributed by atoms with E-state index in [9.17, 15) is 13.2 Å². The van der Waals surface area contributed by atoms with Crippen LogP contribution in [0, 0.1) is 0 Å². The highest BCUT2D eigenvalue weighted by Gasteiger charge is 2.44. The largest absolute Gasteiger partial charge is 0.369 e. The summed E-state index contributed by atoms with van der Waals surface area (Å²) in [6.07, 6.45) is 2.32. The lowest BCUT2D eigenvalue weighted by Crippen LogP contribution is -2.56. The minimum atomic E-state index is -3.12. The molecule has 0 bridgehead atoms. The van der Waals surface area contributed by atoms with Crippen LogP contribution in [0.25, 0.3) is 11.3 Å².